The normalized spacial score (nSPS) is 9.80. The number of phenolic OH excluding ortho intramolecular Hbond substituents is 1. The third-order valence-electron chi connectivity index (χ3n) is 1.30. The van der Waals surface area contributed by atoms with E-state index in [0.717, 1.165) is 0 Å². The van der Waals surface area contributed by atoms with Crippen LogP contribution in [0, 0.1) is 5.82 Å². The smallest absolute Gasteiger partial charge is 0.131 e. The summed E-state index contributed by atoms with van der Waals surface area (Å²) < 4.78 is 12.6. The highest BCUT2D eigenvalue weighted by Crippen LogP contribution is 2.18. The highest BCUT2D eigenvalue weighted by atomic mass is 19.1. The van der Waals surface area contributed by atoms with Crippen LogP contribution < -0.4 is 5.73 Å². The first-order valence-electron chi connectivity index (χ1n) is 2.92. The zero-order valence-corrected chi connectivity index (χ0v) is 5.34. The lowest BCUT2D eigenvalue weighted by atomic mass is 10.2. The molecule has 0 bridgehead atoms. The van der Waals surface area contributed by atoms with Crippen molar-refractivity contribution in [3.63, 3.8) is 0 Å². The van der Waals surface area contributed by atoms with Crippen molar-refractivity contribution in [2.75, 3.05) is 0 Å². The Labute approximate surface area is 58.1 Å². The maximum Gasteiger partial charge on any atom is 0.131 e. The summed E-state index contributed by atoms with van der Waals surface area (Å²) in [6.45, 7) is 0.0263. The standard InChI is InChI=1S/C7H8FNO/c8-6-2-1-3-7(10)5(6)4-9/h1-3,10H,4,9H2. The number of rotatable bonds is 1. The molecule has 10 heavy (non-hydrogen) atoms. The highest BCUT2D eigenvalue weighted by Gasteiger charge is 2.03. The molecule has 0 saturated heterocycles. The molecule has 54 valence electrons. The lowest BCUT2D eigenvalue weighted by molar-refractivity contribution is 0.459. The number of benzene rings is 1. The topological polar surface area (TPSA) is 46.2 Å². The van der Waals surface area contributed by atoms with Gasteiger partial charge in [0.25, 0.3) is 0 Å². The second-order valence-electron chi connectivity index (χ2n) is 1.94. The molecular formula is C7H8FNO. The molecule has 0 amide bonds. The van der Waals surface area contributed by atoms with E-state index in [1.54, 1.807) is 0 Å². The maximum atomic E-state index is 12.6. The second kappa shape index (κ2) is 2.66. The van der Waals surface area contributed by atoms with Gasteiger partial charge >= 0.3 is 0 Å². The Hall–Kier alpha value is -1.09. The number of nitrogens with two attached hydrogens (primary N) is 1. The first kappa shape index (κ1) is 7.02. The predicted octanol–water partition coefficient (Wildman–Crippen LogP) is 0.990. The van der Waals surface area contributed by atoms with Gasteiger partial charge in [0.2, 0.25) is 0 Å². The molecule has 0 aliphatic heterocycles. The summed E-state index contributed by atoms with van der Waals surface area (Å²) >= 11 is 0. The zero-order chi connectivity index (χ0) is 7.56. The van der Waals surface area contributed by atoms with Crippen LogP contribution in [0.5, 0.6) is 5.75 Å². The number of hydrogen-bond acceptors (Lipinski definition) is 2. The lowest BCUT2D eigenvalue weighted by Gasteiger charge is -2.00. The fourth-order valence-electron chi connectivity index (χ4n) is 0.749. The Morgan fingerprint density at radius 1 is 1.50 bits per heavy atom. The van der Waals surface area contributed by atoms with Crippen LogP contribution in [-0.4, -0.2) is 5.11 Å². The Morgan fingerprint density at radius 2 is 2.20 bits per heavy atom. The number of aromatic hydroxyl groups is 1. The van der Waals surface area contributed by atoms with Crippen molar-refractivity contribution in [2.24, 2.45) is 5.73 Å². The van der Waals surface area contributed by atoms with Gasteiger partial charge in [0.05, 0.1) is 0 Å². The molecule has 0 aliphatic rings. The minimum Gasteiger partial charge on any atom is -0.508 e. The first-order chi connectivity index (χ1) is 4.75. The van der Waals surface area contributed by atoms with Gasteiger partial charge in [0.1, 0.15) is 11.6 Å². The van der Waals surface area contributed by atoms with Crippen LogP contribution in [0.25, 0.3) is 0 Å². The summed E-state index contributed by atoms with van der Waals surface area (Å²) in [4.78, 5) is 0. The van der Waals surface area contributed by atoms with E-state index in [4.69, 9.17) is 10.8 Å². The Balaban J connectivity index is 3.17. The molecular weight excluding hydrogens is 133 g/mol. The van der Waals surface area contributed by atoms with Crippen molar-refractivity contribution in [3.05, 3.63) is 29.6 Å². The van der Waals surface area contributed by atoms with Gasteiger partial charge in [-0.1, -0.05) is 6.07 Å². The summed E-state index contributed by atoms with van der Waals surface area (Å²) in [5.74, 6) is -0.537. The van der Waals surface area contributed by atoms with Gasteiger partial charge < -0.3 is 10.8 Å². The van der Waals surface area contributed by atoms with Gasteiger partial charge in [0, 0.05) is 12.1 Å². The van der Waals surface area contributed by atoms with E-state index >= 15 is 0 Å². The van der Waals surface area contributed by atoms with Crippen LogP contribution in [0.3, 0.4) is 0 Å². The number of phenols is 1. The summed E-state index contributed by atoms with van der Waals surface area (Å²) in [7, 11) is 0. The zero-order valence-electron chi connectivity index (χ0n) is 5.34. The van der Waals surface area contributed by atoms with E-state index in [0.29, 0.717) is 0 Å². The van der Waals surface area contributed by atoms with E-state index in [-0.39, 0.29) is 17.9 Å². The quantitative estimate of drug-likeness (QED) is 0.612. The van der Waals surface area contributed by atoms with Gasteiger partial charge in [0.15, 0.2) is 0 Å². The van der Waals surface area contributed by atoms with Crippen molar-refractivity contribution in [2.45, 2.75) is 6.54 Å². The van der Waals surface area contributed by atoms with Crippen LogP contribution in [-0.2, 0) is 6.54 Å². The molecule has 1 aromatic carbocycles. The average molecular weight is 141 g/mol. The fraction of sp³-hybridized carbons (Fsp3) is 0.143. The highest BCUT2D eigenvalue weighted by molar-refractivity contribution is 5.32. The molecule has 0 atom stereocenters. The molecule has 3 heteroatoms. The monoisotopic (exact) mass is 141 g/mol. The van der Waals surface area contributed by atoms with E-state index in [2.05, 4.69) is 0 Å². The first-order valence-corrected chi connectivity index (χ1v) is 2.92. The van der Waals surface area contributed by atoms with Crippen LogP contribution >= 0.6 is 0 Å². The molecule has 1 aromatic rings. The van der Waals surface area contributed by atoms with E-state index in [9.17, 15) is 4.39 Å². The van der Waals surface area contributed by atoms with Crippen molar-refractivity contribution in [1.29, 1.82) is 0 Å². The number of hydrogen-bond donors (Lipinski definition) is 2. The van der Waals surface area contributed by atoms with Gasteiger partial charge in [-0.25, -0.2) is 4.39 Å². The molecule has 0 spiro atoms. The van der Waals surface area contributed by atoms with Crippen molar-refractivity contribution in [3.8, 4) is 5.75 Å². The minimum atomic E-state index is -0.456. The molecule has 3 N–H and O–H groups in total. The Bertz CT molecular complexity index is 217. The SMILES string of the molecule is NCc1c(O)cccc1F. The largest absolute Gasteiger partial charge is 0.508 e. The average Bonchev–Trinajstić information content (AvgIpc) is 1.88. The van der Waals surface area contributed by atoms with Crippen molar-refractivity contribution in [1.82, 2.24) is 0 Å². The van der Waals surface area contributed by atoms with E-state index < -0.39 is 5.82 Å². The lowest BCUT2D eigenvalue weighted by Crippen LogP contribution is -1.99. The fourth-order valence-corrected chi connectivity index (χ4v) is 0.749. The molecule has 0 aromatic heterocycles. The second-order valence-corrected chi connectivity index (χ2v) is 1.94. The Kier molecular flexibility index (Phi) is 1.87. The molecule has 0 unspecified atom stereocenters. The molecule has 0 saturated carbocycles. The van der Waals surface area contributed by atoms with Gasteiger partial charge in [-0.05, 0) is 12.1 Å². The van der Waals surface area contributed by atoms with Crippen LogP contribution in [0.4, 0.5) is 4.39 Å². The third kappa shape index (κ3) is 1.09. The van der Waals surface area contributed by atoms with Gasteiger partial charge in [-0.2, -0.15) is 0 Å². The number of halogens is 1. The predicted molar refractivity (Wildman–Crippen MR) is 36.0 cm³/mol. The van der Waals surface area contributed by atoms with Gasteiger partial charge in [-0.3, -0.25) is 0 Å². The molecule has 1 rings (SSSR count). The summed E-state index contributed by atoms with van der Waals surface area (Å²) in [5, 5.41) is 8.97. The maximum absolute atomic E-state index is 12.6. The third-order valence-corrected chi connectivity index (χ3v) is 1.30. The van der Waals surface area contributed by atoms with Crippen molar-refractivity contribution >= 4 is 0 Å². The van der Waals surface area contributed by atoms with Crippen molar-refractivity contribution < 1.29 is 9.50 Å². The molecule has 0 radical (unpaired) electrons. The van der Waals surface area contributed by atoms with Crippen LogP contribution in [0.1, 0.15) is 5.56 Å². The summed E-state index contributed by atoms with van der Waals surface area (Å²) in [5.41, 5.74) is 5.32. The van der Waals surface area contributed by atoms with Crippen LogP contribution in [0.2, 0.25) is 0 Å². The molecule has 0 fully saturated rings. The van der Waals surface area contributed by atoms with E-state index in [1.807, 2.05) is 0 Å². The summed E-state index contributed by atoms with van der Waals surface area (Å²) in [6.07, 6.45) is 0. The van der Waals surface area contributed by atoms with Crippen LogP contribution in [0.15, 0.2) is 18.2 Å². The summed E-state index contributed by atoms with van der Waals surface area (Å²) in [6, 6.07) is 4.11. The molecule has 0 aliphatic carbocycles. The minimum absolute atomic E-state index is 0.0263. The van der Waals surface area contributed by atoms with E-state index in [1.165, 1.54) is 18.2 Å². The molecule has 0 heterocycles. The Morgan fingerprint density at radius 3 is 2.60 bits per heavy atom. The van der Waals surface area contributed by atoms with Gasteiger partial charge in [-0.15, -0.1) is 0 Å². The molecule has 2 nitrogen and oxygen atoms in total.